The fourth-order valence-corrected chi connectivity index (χ4v) is 0.590. The Morgan fingerprint density at radius 1 is 1.36 bits per heavy atom. The molecule has 1 aromatic heterocycles. The van der Waals surface area contributed by atoms with Gasteiger partial charge in [0, 0.05) is 12.2 Å². The van der Waals surface area contributed by atoms with Crippen LogP contribution in [0, 0.1) is 0 Å². The minimum Gasteiger partial charge on any atom is -0.341 e. The van der Waals surface area contributed by atoms with E-state index in [1.54, 1.807) is 7.05 Å². The first-order valence-electron chi connectivity index (χ1n) is 3.37. The van der Waals surface area contributed by atoms with Gasteiger partial charge in [-0.25, -0.2) is 0 Å². The van der Waals surface area contributed by atoms with Gasteiger partial charge in [0.05, 0.1) is 21.1 Å². The summed E-state index contributed by atoms with van der Waals surface area (Å²) in [6, 6.07) is 0.452. The molecule has 5 heteroatoms. The minimum absolute atomic E-state index is 0.452. The van der Waals surface area contributed by atoms with Gasteiger partial charge in [0.1, 0.15) is 0 Å². The zero-order valence-electron chi connectivity index (χ0n) is 7.25. The van der Waals surface area contributed by atoms with Gasteiger partial charge in [0.25, 0.3) is 0 Å². The van der Waals surface area contributed by atoms with Crippen LogP contribution in [-0.2, 0) is 0 Å². The first-order chi connectivity index (χ1) is 5.04. The molecule has 0 radical (unpaired) electrons. The lowest BCUT2D eigenvalue weighted by molar-refractivity contribution is 0.391. The van der Waals surface area contributed by atoms with Gasteiger partial charge in [0.2, 0.25) is 0 Å². The molecule has 0 aliphatic rings. The van der Waals surface area contributed by atoms with Crippen LogP contribution in [0.2, 0.25) is 0 Å². The zero-order chi connectivity index (χ0) is 8.48. The lowest BCUT2D eigenvalue weighted by Crippen LogP contribution is -2.35. The zero-order valence-corrected chi connectivity index (χ0v) is 7.25. The highest BCUT2D eigenvalue weighted by Crippen LogP contribution is 2.13. The third-order valence-corrected chi connectivity index (χ3v) is 1.23. The maximum atomic E-state index is 4.85. The van der Waals surface area contributed by atoms with Crippen molar-refractivity contribution in [1.82, 2.24) is 14.6 Å². The third kappa shape index (κ3) is 1.68. The van der Waals surface area contributed by atoms with Gasteiger partial charge >= 0.3 is 12.0 Å². The second-order valence-electron chi connectivity index (χ2n) is 3.16. The van der Waals surface area contributed by atoms with E-state index in [0.29, 0.717) is 16.4 Å². The van der Waals surface area contributed by atoms with E-state index in [2.05, 4.69) is 15.5 Å². The van der Waals surface area contributed by atoms with Crippen molar-refractivity contribution in [2.45, 2.75) is 0 Å². The summed E-state index contributed by atoms with van der Waals surface area (Å²) < 4.78 is 5.41. The first-order valence-corrected chi connectivity index (χ1v) is 3.37. The van der Waals surface area contributed by atoms with Crippen LogP contribution in [0.3, 0.4) is 0 Å². The number of hydrogen-bond donors (Lipinski definition) is 1. The van der Waals surface area contributed by atoms with Crippen molar-refractivity contribution in [1.29, 1.82) is 0 Å². The van der Waals surface area contributed by atoms with Crippen LogP contribution in [0.4, 0.5) is 12.0 Å². The van der Waals surface area contributed by atoms with E-state index in [4.69, 9.17) is 4.52 Å². The van der Waals surface area contributed by atoms with E-state index in [1.165, 1.54) is 0 Å². The smallest absolute Gasteiger partial charge is 0.341 e. The van der Waals surface area contributed by atoms with Gasteiger partial charge in [-0.15, -0.1) is 4.98 Å². The van der Waals surface area contributed by atoms with Crippen LogP contribution < -0.4 is 9.80 Å². The fraction of sp³-hybridized carbons (Fsp3) is 0.667. The highest BCUT2D eigenvalue weighted by molar-refractivity contribution is 5.27. The summed E-state index contributed by atoms with van der Waals surface area (Å²) in [4.78, 5) is 4.08. The number of quaternary nitrogens is 1. The Balaban J connectivity index is 2.89. The molecule has 0 aromatic carbocycles. The van der Waals surface area contributed by atoms with Gasteiger partial charge in [0.15, 0.2) is 0 Å². The Labute approximate surface area is 65.6 Å². The molecule has 1 N–H and O–H groups in total. The van der Waals surface area contributed by atoms with Crippen molar-refractivity contribution >= 4 is 12.0 Å². The number of rotatable bonds is 2. The van der Waals surface area contributed by atoms with E-state index in [0.717, 1.165) is 0 Å². The molecule has 0 unspecified atom stereocenters. The van der Waals surface area contributed by atoms with Crippen LogP contribution in [0.15, 0.2) is 4.52 Å². The first kappa shape index (κ1) is 8.00. The van der Waals surface area contributed by atoms with E-state index in [1.807, 2.05) is 21.1 Å². The molecule has 0 aliphatic carbocycles. The molecular formula is C6H13N4O+. The molecule has 0 atom stereocenters. The van der Waals surface area contributed by atoms with Crippen LogP contribution in [-0.4, -0.2) is 38.3 Å². The van der Waals surface area contributed by atoms with Crippen LogP contribution in [0.25, 0.3) is 0 Å². The number of nitrogens with one attached hydrogen (secondary N) is 1. The van der Waals surface area contributed by atoms with Crippen molar-refractivity contribution < 1.29 is 4.52 Å². The quantitative estimate of drug-likeness (QED) is 0.628. The maximum Gasteiger partial charge on any atom is 0.366 e. The third-order valence-electron chi connectivity index (χ3n) is 1.23. The lowest BCUT2D eigenvalue weighted by atomic mass is 10.7. The van der Waals surface area contributed by atoms with Crippen LogP contribution in [0.5, 0.6) is 0 Å². The van der Waals surface area contributed by atoms with Crippen molar-refractivity contribution in [2.75, 3.05) is 33.5 Å². The molecule has 0 saturated heterocycles. The minimum atomic E-state index is 0.452. The molecule has 62 valence electrons. The molecule has 0 saturated carbocycles. The summed E-state index contributed by atoms with van der Waals surface area (Å²) in [6.07, 6.45) is 0. The molecule has 0 amide bonds. The molecule has 0 bridgehead atoms. The number of nitrogens with zero attached hydrogens (tertiary/aromatic N) is 3. The predicted octanol–water partition coefficient (Wildman–Crippen LogP) is 0.308. The molecule has 1 aromatic rings. The normalized spacial score (nSPS) is 11.6. The Bertz CT molecular complexity index is 237. The predicted molar refractivity (Wildman–Crippen MR) is 43.4 cm³/mol. The number of hydrogen-bond acceptors (Lipinski definition) is 4. The van der Waals surface area contributed by atoms with Crippen molar-refractivity contribution in [3.63, 3.8) is 0 Å². The molecule has 0 aliphatic heterocycles. The number of aromatic nitrogens is 2. The largest absolute Gasteiger partial charge is 0.366 e. The summed E-state index contributed by atoms with van der Waals surface area (Å²) in [5.74, 6) is 0.661. The van der Waals surface area contributed by atoms with E-state index < -0.39 is 0 Å². The van der Waals surface area contributed by atoms with Gasteiger partial charge < -0.3 is 9.84 Å². The average Bonchev–Trinajstić information content (AvgIpc) is 2.32. The van der Waals surface area contributed by atoms with Gasteiger partial charge in [-0.1, -0.05) is 0 Å². The van der Waals surface area contributed by atoms with Crippen molar-refractivity contribution in [3.8, 4) is 0 Å². The van der Waals surface area contributed by atoms with E-state index >= 15 is 0 Å². The highest BCUT2D eigenvalue weighted by Gasteiger charge is 2.19. The Kier molecular flexibility index (Phi) is 1.82. The molecule has 0 fully saturated rings. The molecule has 11 heavy (non-hydrogen) atoms. The summed E-state index contributed by atoms with van der Waals surface area (Å²) in [5, 5.41) is 6.55. The number of anilines is 1. The Hall–Kier alpha value is -1.10. The Morgan fingerprint density at radius 3 is 2.27 bits per heavy atom. The summed E-state index contributed by atoms with van der Waals surface area (Å²) >= 11 is 0. The molecule has 0 spiro atoms. The van der Waals surface area contributed by atoms with Crippen molar-refractivity contribution in [3.05, 3.63) is 0 Å². The standard InChI is InChI=1S/C6H13N4O/c1-7-6-8-5(9-11-6)10(2,3)4/h1-4H3,(H,7,8,9)/q+1. The van der Waals surface area contributed by atoms with Gasteiger partial charge in [-0.05, 0) is 0 Å². The van der Waals surface area contributed by atoms with E-state index in [9.17, 15) is 0 Å². The van der Waals surface area contributed by atoms with Crippen LogP contribution >= 0.6 is 0 Å². The average molecular weight is 157 g/mol. The highest BCUT2D eigenvalue weighted by atomic mass is 16.5. The topological polar surface area (TPSA) is 51.0 Å². The molecular weight excluding hydrogens is 144 g/mol. The van der Waals surface area contributed by atoms with Gasteiger partial charge in [-0.3, -0.25) is 4.48 Å². The fourth-order valence-electron chi connectivity index (χ4n) is 0.590. The molecule has 5 nitrogen and oxygen atoms in total. The van der Waals surface area contributed by atoms with Crippen molar-refractivity contribution in [2.24, 2.45) is 0 Å². The maximum absolute atomic E-state index is 4.85. The van der Waals surface area contributed by atoms with E-state index in [-0.39, 0.29) is 0 Å². The SMILES string of the molecule is CNc1nc([N+](C)(C)C)no1. The lowest BCUT2D eigenvalue weighted by Gasteiger charge is -2.16. The Morgan fingerprint density at radius 2 is 2.00 bits per heavy atom. The molecule has 1 rings (SSSR count). The monoisotopic (exact) mass is 157 g/mol. The summed E-state index contributed by atoms with van der Waals surface area (Å²) in [5.41, 5.74) is 0. The molecule has 1 heterocycles. The second-order valence-corrected chi connectivity index (χ2v) is 3.16. The second kappa shape index (κ2) is 2.50. The van der Waals surface area contributed by atoms with Gasteiger partial charge in [-0.2, -0.15) is 0 Å². The van der Waals surface area contributed by atoms with Crippen LogP contribution in [0.1, 0.15) is 0 Å². The summed E-state index contributed by atoms with van der Waals surface area (Å²) in [7, 11) is 7.67. The summed E-state index contributed by atoms with van der Waals surface area (Å²) in [6.45, 7) is 0.